The summed E-state index contributed by atoms with van der Waals surface area (Å²) in [5.74, 6) is -4.38. The Morgan fingerprint density at radius 1 is 1.27 bits per heavy atom. The third-order valence-electron chi connectivity index (χ3n) is 3.91. The summed E-state index contributed by atoms with van der Waals surface area (Å²) in [7, 11) is 0. The zero-order valence-corrected chi connectivity index (χ0v) is 12.5. The lowest BCUT2D eigenvalue weighted by molar-refractivity contribution is -0.142. The molecule has 0 aromatic heterocycles. The molecule has 0 spiro atoms. The van der Waals surface area contributed by atoms with Crippen molar-refractivity contribution in [3.8, 4) is 0 Å². The number of carbonyl (C=O) groups is 3. The molecule has 4 atom stereocenters. The van der Waals surface area contributed by atoms with Crippen LogP contribution in [0.5, 0.6) is 0 Å². The lowest BCUT2D eigenvalue weighted by atomic mass is 9.83. The van der Waals surface area contributed by atoms with E-state index in [9.17, 15) is 14.4 Å². The molecule has 0 aliphatic carbocycles. The van der Waals surface area contributed by atoms with Gasteiger partial charge >= 0.3 is 17.9 Å². The third kappa shape index (κ3) is 4.70. The van der Waals surface area contributed by atoms with E-state index in [2.05, 4.69) is 5.32 Å². The maximum absolute atomic E-state index is 11.2. The van der Waals surface area contributed by atoms with Gasteiger partial charge in [0.05, 0.1) is 12.3 Å². The molecule has 7 nitrogen and oxygen atoms in total. The first-order valence-corrected chi connectivity index (χ1v) is 6.99. The van der Waals surface area contributed by atoms with Crippen molar-refractivity contribution in [2.45, 2.75) is 26.3 Å². The second kappa shape index (κ2) is 7.74. The Bertz CT molecular complexity index is 510. The number of aliphatic carboxylic acids is 3. The number of carboxylic acid groups (broad SMARTS) is 3. The topological polar surface area (TPSA) is 124 Å². The van der Waals surface area contributed by atoms with Crippen LogP contribution in [-0.2, 0) is 14.4 Å². The molecule has 0 amide bonds. The average Bonchev–Trinajstić information content (AvgIpc) is 2.81. The van der Waals surface area contributed by atoms with Crippen LogP contribution < -0.4 is 5.32 Å². The van der Waals surface area contributed by atoms with Crippen molar-refractivity contribution in [2.24, 2.45) is 17.8 Å². The molecule has 1 aliphatic rings. The van der Waals surface area contributed by atoms with Crippen molar-refractivity contribution in [1.29, 1.82) is 0 Å². The zero-order chi connectivity index (χ0) is 16.9. The van der Waals surface area contributed by atoms with Crippen LogP contribution in [0.1, 0.15) is 20.3 Å². The molecule has 0 aromatic carbocycles. The molecule has 4 N–H and O–H groups in total. The van der Waals surface area contributed by atoms with E-state index in [4.69, 9.17) is 15.3 Å². The maximum Gasteiger partial charge on any atom is 0.321 e. The molecule has 1 rings (SSSR count). The molecule has 1 heterocycles. The van der Waals surface area contributed by atoms with Gasteiger partial charge in [0.15, 0.2) is 0 Å². The summed E-state index contributed by atoms with van der Waals surface area (Å²) < 4.78 is 0. The first kappa shape index (κ1) is 17.9. The molecule has 0 unspecified atom stereocenters. The van der Waals surface area contributed by atoms with Crippen molar-refractivity contribution < 1.29 is 29.7 Å². The fourth-order valence-electron chi connectivity index (χ4n) is 2.60. The molecule has 0 saturated carbocycles. The van der Waals surface area contributed by atoms with Gasteiger partial charge in [-0.15, -0.1) is 0 Å². The third-order valence-corrected chi connectivity index (χ3v) is 3.91. The highest BCUT2D eigenvalue weighted by atomic mass is 16.4. The first-order valence-electron chi connectivity index (χ1n) is 6.99. The van der Waals surface area contributed by atoms with Gasteiger partial charge in [-0.25, -0.2) is 0 Å². The van der Waals surface area contributed by atoms with Crippen LogP contribution >= 0.6 is 0 Å². The van der Waals surface area contributed by atoms with E-state index in [1.165, 1.54) is 6.08 Å². The number of carboxylic acids is 3. The summed E-state index contributed by atoms with van der Waals surface area (Å²) in [6, 6.07) is -0.883. The molecular weight excluding hydrogens is 290 g/mol. The van der Waals surface area contributed by atoms with Gasteiger partial charge < -0.3 is 20.6 Å². The van der Waals surface area contributed by atoms with Crippen LogP contribution in [0.25, 0.3) is 0 Å². The van der Waals surface area contributed by atoms with Gasteiger partial charge in [0.1, 0.15) is 6.04 Å². The summed E-state index contributed by atoms with van der Waals surface area (Å²) in [4.78, 5) is 32.8. The molecule has 1 aliphatic heterocycles. The fourth-order valence-corrected chi connectivity index (χ4v) is 2.60. The highest BCUT2D eigenvalue weighted by molar-refractivity contribution is 5.76. The Kier molecular flexibility index (Phi) is 6.30. The smallest absolute Gasteiger partial charge is 0.321 e. The van der Waals surface area contributed by atoms with Crippen LogP contribution in [-0.4, -0.2) is 45.8 Å². The molecule has 7 heteroatoms. The Hall–Kier alpha value is -2.15. The second-order valence-corrected chi connectivity index (χ2v) is 5.51. The van der Waals surface area contributed by atoms with E-state index in [-0.39, 0.29) is 12.3 Å². The fraction of sp³-hybridized carbons (Fsp3) is 0.533. The molecule has 122 valence electrons. The van der Waals surface area contributed by atoms with Crippen molar-refractivity contribution in [3.63, 3.8) is 0 Å². The normalized spacial score (nSPS) is 27.0. The number of allylic oxidation sites excluding steroid dienone is 2. The van der Waals surface area contributed by atoms with E-state index in [0.29, 0.717) is 6.54 Å². The number of nitrogens with one attached hydrogen (secondary N) is 1. The van der Waals surface area contributed by atoms with Gasteiger partial charge in [0, 0.05) is 12.5 Å². The largest absolute Gasteiger partial charge is 0.481 e. The zero-order valence-electron chi connectivity index (χ0n) is 12.5. The first-order chi connectivity index (χ1) is 10.2. The summed E-state index contributed by atoms with van der Waals surface area (Å²) in [6.45, 7) is 3.73. The summed E-state index contributed by atoms with van der Waals surface area (Å²) in [6.07, 6.45) is 4.62. The van der Waals surface area contributed by atoms with E-state index in [0.717, 1.165) is 5.57 Å². The van der Waals surface area contributed by atoms with Gasteiger partial charge in [0.25, 0.3) is 0 Å². The Balaban J connectivity index is 2.85. The van der Waals surface area contributed by atoms with Crippen molar-refractivity contribution in [1.82, 2.24) is 5.32 Å². The van der Waals surface area contributed by atoms with Gasteiger partial charge in [0.2, 0.25) is 0 Å². The highest BCUT2D eigenvalue weighted by Gasteiger charge is 2.41. The molecule has 0 aromatic rings. The molecule has 0 radical (unpaired) electrons. The SMILES string of the molecule is C/C(=C/C=C/[C@H](C)C(=O)O)[C@H]1CN[C@H](C(=O)O)[C@H]1CC(=O)O. The Morgan fingerprint density at radius 2 is 1.91 bits per heavy atom. The summed E-state index contributed by atoms with van der Waals surface area (Å²) >= 11 is 0. The van der Waals surface area contributed by atoms with Gasteiger partial charge in [-0.2, -0.15) is 0 Å². The standard InChI is InChI=1S/C15H21NO6/c1-8(4-3-5-9(2)14(19)20)11-7-16-13(15(21)22)10(11)6-12(17)18/h3-5,9-11,13,16H,6-7H2,1-2H3,(H,17,18)(H,19,20)(H,21,22)/b5-3+,8-4-/t9-,10-,11+,13-/m0/s1. The summed E-state index contributed by atoms with van der Waals surface area (Å²) in [5, 5.41) is 29.7. The minimum atomic E-state index is -1.06. The monoisotopic (exact) mass is 311 g/mol. The van der Waals surface area contributed by atoms with Crippen molar-refractivity contribution in [3.05, 3.63) is 23.8 Å². The van der Waals surface area contributed by atoms with E-state index in [1.807, 2.05) is 0 Å². The van der Waals surface area contributed by atoms with Crippen LogP contribution in [0.2, 0.25) is 0 Å². The van der Waals surface area contributed by atoms with Crippen molar-refractivity contribution in [2.75, 3.05) is 6.54 Å². The average molecular weight is 311 g/mol. The molecule has 1 fully saturated rings. The predicted molar refractivity (Wildman–Crippen MR) is 78.4 cm³/mol. The maximum atomic E-state index is 11.2. The van der Waals surface area contributed by atoms with Crippen LogP contribution in [0.3, 0.4) is 0 Å². The van der Waals surface area contributed by atoms with Gasteiger partial charge in [-0.05, 0) is 19.8 Å². The molecule has 22 heavy (non-hydrogen) atoms. The van der Waals surface area contributed by atoms with Crippen LogP contribution in [0, 0.1) is 17.8 Å². The van der Waals surface area contributed by atoms with Gasteiger partial charge in [-0.3, -0.25) is 14.4 Å². The van der Waals surface area contributed by atoms with E-state index < -0.39 is 35.8 Å². The number of hydrogen-bond acceptors (Lipinski definition) is 4. The number of hydrogen-bond donors (Lipinski definition) is 4. The minimum absolute atomic E-state index is 0.206. The molecule has 0 bridgehead atoms. The Labute approximate surface area is 128 Å². The molecular formula is C15H21NO6. The highest BCUT2D eigenvalue weighted by Crippen LogP contribution is 2.31. The van der Waals surface area contributed by atoms with E-state index >= 15 is 0 Å². The van der Waals surface area contributed by atoms with E-state index in [1.54, 1.807) is 26.0 Å². The van der Waals surface area contributed by atoms with Crippen LogP contribution in [0.4, 0.5) is 0 Å². The predicted octanol–water partition coefficient (Wildman–Crippen LogP) is 0.973. The summed E-state index contributed by atoms with van der Waals surface area (Å²) in [5.41, 5.74) is 0.830. The number of rotatable bonds is 7. The second-order valence-electron chi connectivity index (χ2n) is 5.51. The minimum Gasteiger partial charge on any atom is -0.481 e. The quantitative estimate of drug-likeness (QED) is 0.516. The van der Waals surface area contributed by atoms with Crippen molar-refractivity contribution >= 4 is 17.9 Å². The molecule has 1 saturated heterocycles. The lowest BCUT2D eigenvalue weighted by Crippen LogP contribution is -2.36. The Morgan fingerprint density at radius 3 is 2.41 bits per heavy atom. The van der Waals surface area contributed by atoms with Gasteiger partial charge in [-0.1, -0.05) is 23.8 Å². The van der Waals surface area contributed by atoms with Crippen LogP contribution in [0.15, 0.2) is 23.8 Å². The lowest BCUT2D eigenvalue weighted by Gasteiger charge is -2.20.